The van der Waals surface area contributed by atoms with E-state index in [1.165, 1.54) is 24.1 Å². The summed E-state index contributed by atoms with van der Waals surface area (Å²) in [6, 6.07) is 0. The highest BCUT2D eigenvalue weighted by atomic mass is 15.1. The molecule has 48 valence electrons. The van der Waals surface area contributed by atoms with Crippen molar-refractivity contribution in [2.45, 2.75) is 25.7 Å². The van der Waals surface area contributed by atoms with Crippen LogP contribution in [0.5, 0.6) is 0 Å². The molecule has 0 aromatic carbocycles. The number of nitrogens with one attached hydrogen (secondary N) is 1. The van der Waals surface area contributed by atoms with Gasteiger partial charge in [0.25, 0.3) is 0 Å². The zero-order valence-corrected chi connectivity index (χ0v) is 5.52. The predicted octanol–water partition coefficient (Wildman–Crippen LogP) is 1.60. The third-order valence-electron chi connectivity index (χ3n) is 1.83. The van der Waals surface area contributed by atoms with Crippen molar-refractivity contribution in [2.75, 3.05) is 0 Å². The van der Waals surface area contributed by atoms with Gasteiger partial charge < -0.3 is 0 Å². The Balaban J connectivity index is 2.35. The van der Waals surface area contributed by atoms with Gasteiger partial charge in [-0.1, -0.05) is 0 Å². The van der Waals surface area contributed by atoms with Crippen LogP contribution in [0, 0.1) is 6.92 Å². The Bertz CT molecular complexity index is 210. The molecule has 1 fully saturated rings. The van der Waals surface area contributed by atoms with Crippen LogP contribution in [0.1, 0.15) is 30.0 Å². The molecule has 0 amide bonds. The second kappa shape index (κ2) is 1.59. The Morgan fingerprint density at radius 3 is 2.89 bits per heavy atom. The Kier molecular flexibility index (Phi) is 0.891. The fourth-order valence-corrected chi connectivity index (χ4v) is 1.13. The standard InChI is InChI=1S/C7H10N2/c1-5-4-8-9-7(5)6-2-3-6/h4,6H,2-3H2,1H3,(H,8,9). The van der Waals surface area contributed by atoms with Crippen molar-refractivity contribution < 1.29 is 0 Å². The SMILES string of the molecule is Cc1c[nH]nc1C1CC1. The topological polar surface area (TPSA) is 28.7 Å². The molecule has 0 spiro atoms. The molecule has 0 aliphatic heterocycles. The minimum atomic E-state index is 0.788. The summed E-state index contributed by atoms with van der Waals surface area (Å²) >= 11 is 0. The largest absolute Gasteiger partial charge is 0.285 e. The Hall–Kier alpha value is -0.790. The first-order valence-electron chi connectivity index (χ1n) is 3.38. The maximum atomic E-state index is 4.15. The van der Waals surface area contributed by atoms with Gasteiger partial charge in [0.2, 0.25) is 0 Å². The normalized spacial score (nSPS) is 18.3. The summed E-state index contributed by atoms with van der Waals surface area (Å²) in [6.07, 6.45) is 4.64. The molecule has 2 heteroatoms. The van der Waals surface area contributed by atoms with Crippen LogP contribution < -0.4 is 0 Å². The molecule has 1 heterocycles. The van der Waals surface area contributed by atoms with E-state index < -0.39 is 0 Å². The predicted molar refractivity (Wildman–Crippen MR) is 35.3 cm³/mol. The molecule has 1 saturated carbocycles. The number of nitrogens with zero attached hydrogens (tertiary/aromatic N) is 1. The van der Waals surface area contributed by atoms with Crippen LogP contribution in [0.15, 0.2) is 6.20 Å². The molecule has 1 N–H and O–H groups in total. The Labute approximate surface area is 54.3 Å². The van der Waals surface area contributed by atoms with Crippen molar-refractivity contribution in [1.29, 1.82) is 0 Å². The van der Waals surface area contributed by atoms with Gasteiger partial charge >= 0.3 is 0 Å². The van der Waals surface area contributed by atoms with E-state index in [4.69, 9.17) is 0 Å². The van der Waals surface area contributed by atoms with Gasteiger partial charge in [-0.25, -0.2) is 0 Å². The molecule has 1 aromatic heterocycles. The second-order valence-corrected chi connectivity index (χ2v) is 2.73. The number of hydrogen-bond donors (Lipinski definition) is 1. The number of aromatic nitrogens is 2. The van der Waals surface area contributed by atoms with Crippen LogP contribution in [0.2, 0.25) is 0 Å². The third-order valence-corrected chi connectivity index (χ3v) is 1.83. The summed E-state index contributed by atoms with van der Waals surface area (Å²) in [5.41, 5.74) is 2.60. The van der Waals surface area contributed by atoms with Crippen molar-refractivity contribution in [2.24, 2.45) is 0 Å². The molecule has 0 unspecified atom stereocenters. The first-order valence-corrected chi connectivity index (χ1v) is 3.38. The monoisotopic (exact) mass is 122 g/mol. The van der Waals surface area contributed by atoms with Gasteiger partial charge in [-0.3, -0.25) is 5.10 Å². The van der Waals surface area contributed by atoms with Crippen molar-refractivity contribution in [3.8, 4) is 0 Å². The smallest absolute Gasteiger partial charge is 0.0682 e. The average molecular weight is 122 g/mol. The van der Waals surface area contributed by atoms with Gasteiger partial charge in [0.05, 0.1) is 5.69 Å². The van der Waals surface area contributed by atoms with Gasteiger partial charge in [-0.2, -0.15) is 5.10 Å². The molecular formula is C7H10N2. The van der Waals surface area contributed by atoms with Crippen LogP contribution >= 0.6 is 0 Å². The Morgan fingerprint density at radius 1 is 1.67 bits per heavy atom. The van der Waals surface area contributed by atoms with Crippen LogP contribution in [0.25, 0.3) is 0 Å². The van der Waals surface area contributed by atoms with E-state index in [2.05, 4.69) is 17.1 Å². The van der Waals surface area contributed by atoms with E-state index in [0.29, 0.717) is 0 Å². The molecule has 2 rings (SSSR count). The van der Waals surface area contributed by atoms with E-state index in [-0.39, 0.29) is 0 Å². The van der Waals surface area contributed by atoms with E-state index in [0.717, 1.165) is 5.92 Å². The van der Waals surface area contributed by atoms with Crippen LogP contribution in [0.4, 0.5) is 0 Å². The van der Waals surface area contributed by atoms with E-state index in [1.807, 2.05) is 6.20 Å². The minimum absolute atomic E-state index is 0.788. The molecule has 1 aliphatic carbocycles. The van der Waals surface area contributed by atoms with Gasteiger partial charge in [-0.05, 0) is 25.3 Å². The molecular weight excluding hydrogens is 112 g/mol. The summed E-state index contributed by atoms with van der Waals surface area (Å²) < 4.78 is 0. The lowest BCUT2D eigenvalue weighted by Gasteiger charge is -1.88. The number of H-pyrrole nitrogens is 1. The summed E-state index contributed by atoms with van der Waals surface area (Å²) in [4.78, 5) is 0. The van der Waals surface area contributed by atoms with E-state index in [9.17, 15) is 0 Å². The maximum Gasteiger partial charge on any atom is 0.0682 e. The third kappa shape index (κ3) is 0.745. The number of hydrogen-bond acceptors (Lipinski definition) is 1. The highest BCUT2D eigenvalue weighted by Gasteiger charge is 2.26. The summed E-state index contributed by atoms with van der Waals surface area (Å²) in [6.45, 7) is 2.11. The van der Waals surface area contributed by atoms with Crippen LogP contribution in [0.3, 0.4) is 0 Å². The second-order valence-electron chi connectivity index (χ2n) is 2.73. The number of rotatable bonds is 1. The summed E-state index contributed by atoms with van der Waals surface area (Å²) in [7, 11) is 0. The number of aryl methyl sites for hydroxylation is 1. The summed E-state index contributed by atoms with van der Waals surface area (Å²) in [5.74, 6) is 0.788. The fraction of sp³-hybridized carbons (Fsp3) is 0.571. The maximum absolute atomic E-state index is 4.15. The molecule has 0 atom stereocenters. The minimum Gasteiger partial charge on any atom is -0.285 e. The molecule has 0 bridgehead atoms. The van der Waals surface area contributed by atoms with Crippen LogP contribution in [-0.2, 0) is 0 Å². The van der Waals surface area contributed by atoms with Crippen LogP contribution in [-0.4, -0.2) is 10.2 Å². The average Bonchev–Trinajstić information content (AvgIpc) is 2.58. The van der Waals surface area contributed by atoms with Crippen molar-refractivity contribution >= 4 is 0 Å². The van der Waals surface area contributed by atoms with Crippen molar-refractivity contribution in [3.05, 3.63) is 17.5 Å². The molecule has 1 aromatic rings. The molecule has 2 nitrogen and oxygen atoms in total. The fourth-order valence-electron chi connectivity index (χ4n) is 1.13. The number of aromatic amines is 1. The first-order chi connectivity index (χ1) is 4.38. The zero-order valence-electron chi connectivity index (χ0n) is 5.52. The van der Waals surface area contributed by atoms with Gasteiger partial charge in [0, 0.05) is 12.1 Å². The van der Waals surface area contributed by atoms with E-state index in [1.54, 1.807) is 0 Å². The zero-order chi connectivity index (χ0) is 6.27. The first kappa shape index (κ1) is 5.03. The lowest BCUT2D eigenvalue weighted by atomic mass is 10.2. The van der Waals surface area contributed by atoms with E-state index >= 15 is 0 Å². The quantitative estimate of drug-likeness (QED) is 0.602. The molecule has 0 radical (unpaired) electrons. The molecule has 0 saturated heterocycles. The molecule has 1 aliphatic rings. The highest BCUT2D eigenvalue weighted by molar-refractivity contribution is 5.22. The van der Waals surface area contributed by atoms with Crippen molar-refractivity contribution in [1.82, 2.24) is 10.2 Å². The lowest BCUT2D eigenvalue weighted by Crippen LogP contribution is -1.80. The highest BCUT2D eigenvalue weighted by Crippen LogP contribution is 2.39. The van der Waals surface area contributed by atoms with Gasteiger partial charge in [0.15, 0.2) is 0 Å². The van der Waals surface area contributed by atoms with Gasteiger partial charge in [0.1, 0.15) is 0 Å². The van der Waals surface area contributed by atoms with Crippen molar-refractivity contribution in [3.63, 3.8) is 0 Å². The molecule has 9 heavy (non-hydrogen) atoms. The lowest BCUT2D eigenvalue weighted by molar-refractivity contribution is 0.959. The summed E-state index contributed by atoms with van der Waals surface area (Å²) in [5, 5.41) is 7.02. The Morgan fingerprint density at radius 2 is 2.44 bits per heavy atom. The van der Waals surface area contributed by atoms with Gasteiger partial charge in [-0.15, -0.1) is 0 Å².